The molecule has 0 radical (unpaired) electrons. The zero-order chi connectivity index (χ0) is 23.6. The molecule has 1 aromatic heterocycles. The molecule has 3 rings (SSSR count). The summed E-state index contributed by atoms with van der Waals surface area (Å²) in [6.45, 7) is 8.74. The summed E-state index contributed by atoms with van der Waals surface area (Å²) < 4.78 is 11.7. The van der Waals surface area contributed by atoms with Gasteiger partial charge in [-0.25, -0.2) is 15.4 Å². The minimum atomic E-state index is -0.234. The van der Waals surface area contributed by atoms with E-state index in [2.05, 4.69) is 39.6 Å². The number of hydrazone groups is 1. The summed E-state index contributed by atoms with van der Waals surface area (Å²) in [6.07, 6.45) is 1.57. The number of hydrogen-bond acceptors (Lipinski definition) is 7. The lowest BCUT2D eigenvalue weighted by Crippen LogP contribution is -2.19. The molecule has 0 aliphatic rings. The van der Waals surface area contributed by atoms with E-state index in [1.165, 1.54) is 17.3 Å². The van der Waals surface area contributed by atoms with Crippen LogP contribution in [0.25, 0.3) is 0 Å². The highest BCUT2D eigenvalue weighted by Gasteiger charge is 2.08. The van der Waals surface area contributed by atoms with E-state index >= 15 is 0 Å². The molecule has 0 fully saturated rings. The van der Waals surface area contributed by atoms with Crippen molar-refractivity contribution in [2.24, 2.45) is 5.10 Å². The first kappa shape index (κ1) is 24.3. The number of nitrogens with zero attached hydrogens (tertiary/aromatic N) is 3. The summed E-state index contributed by atoms with van der Waals surface area (Å²) in [5, 5.41) is 4.63. The van der Waals surface area contributed by atoms with Gasteiger partial charge in [-0.15, -0.1) is 0 Å². The number of benzene rings is 2. The van der Waals surface area contributed by atoms with Gasteiger partial charge in [0.2, 0.25) is 0 Å². The molecule has 0 unspecified atom stereocenters. The number of rotatable bonds is 10. The predicted molar refractivity (Wildman–Crippen MR) is 131 cm³/mol. The number of amides is 1. The average molecular weight is 465 g/mol. The molecule has 1 heterocycles. The molecule has 3 aromatic rings. The van der Waals surface area contributed by atoms with Crippen LogP contribution in [0.4, 0.5) is 0 Å². The van der Waals surface area contributed by atoms with Gasteiger partial charge in [-0.3, -0.25) is 4.79 Å². The second-order valence-corrected chi connectivity index (χ2v) is 8.37. The Morgan fingerprint density at radius 1 is 1.03 bits per heavy atom. The molecular formula is C25H28N4O3S. The van der Waals surface area contributed by atoms with Crippen LogP contribution in [-0.4, -0.2) is 34.4 Å². The molecular weight excluding hydrogens is 436 g/mol. The van der Waals surface area contributed by atoms with Gasteiger partial charge in [0.25, 0.3) is 5.91 Å². The number of ether oxygens (including phenoxy) is 2. The van der Waals surface area contributed by atoms with Crippen LogP contribution in [0.2, 0.25) is 0 Å². The fourth-order valence-corrected chi connectivity index (χ4v) is 3.80. The van der Waals surface area contributed by atoms with Gasteiger partial charge in [-0.1, -0.05) is 41.6 Å². The number of carbonyl (C=O) groups excluding carboxylic acids is 1. The third-order valence-corrected chi connectivity index (χ3v) is 5.29. The Hall–Kier alpha value is -3.39. The first-order valence-electron chi connectivity index (χ1n) is 10.6. The molecule has 1 N–H and O–H groups in total. The largest absolute Gasteiger partial charge is 0.490 e. The fourth-order valence-electron chi connectivity index (χ4n) is 3.05. The average Bonchev–Trinajstić information content (AvgIpc) is 2.77. The van der Waals surface area contributed by atoms with Crippen LogP contribution in [-0.2, 0) is 11.4 Å². The molecule has 33 heavy (non-hydrogen) atoms. The number of hydrogen-bond donors (Lipinski definition) is 1. The third-order valence-electron chi connectivity index (χ3n) is 4.44. The molecule has 0 bridgehead atoms. The lowest BCUT2D eigenvalue weighted by atomic mass is 10.1. The van der Waals surface area contributed by atoms with Crippen molar-refractivity contribution in [1.82, 2.24) is 15.4 Å². The van der Waals surface area contributed by atoms with Crippen molar-refractivity contribution in [3.63, 3.8) is 0 Å². The molecule has 8 heteroatoms. The van der Waals surface area contributed by atoms with Gasteiger partial charge in [0.05, 0.1) is 18.6 Å². The van der Waals surface area contributed by atoms with Crippen LogP contribution >= 0.6 is 11.8 Å². The van der Waals surface area contributed by atoms with Crippen LogP contribution in [0, 0.1) is 20.8 Å². The minimum absolute atomic E-state index is 0.177. The lowest BCUT2D eigenvalue weighted by Gasteiger charge is -2.13. The summed E-state index contributed by atoms with van der Waals surface area (Å²) in [4.78, 5) is 20.7. The molecule has 0 atom stereocenters. The third kappa shape index (κ3) is 7.91. The van der Waals surface area contributed by atoms with Crippen molar-refractivity contribution in [1.29, 1.82) is 0 Å². The Morgan fingerprint density at radius 3 is 2.55 bits per heavy atom. The maximum Gasteiger partial charge on any atom is 0.250 e. The monoisotopic (exact) mass is 464 g/mol. The highest BCUT2D eigenvalue weighted by molar-refractivity contribution is 7.99. The maximum absolute atomic E-state index is 12.1. The normalized spacial score (nSPS) is 10.9. The molecule has 7 nitrogen and oxygen atoms in total. The van der Waals surface area contributed by atoms with Crippen molar-refractivity contribution in [2.45, 2.75) is 39.5 Å². The second kappa shape index (κ2) is 12.0. The highest BCUT2D eigenvalue weighted by Crippen LogP contribution is 2.29. The van der Waals surface area contributed by atoms with Crippen molar-refractivity contribution in [3.8, 4) is 11.5 Å². The van der Waals surface area contributed by atoms with Gasteiger partial charge in [-0.05, 0) is 63.1 Å². The molecule has 172 valence electrons. The summed E-state index contributed by atoms with van der Waals surface area (Å²) in [5.74, 6) is 1.23. The molecule has 0 aliphatic carbocycles. The van der Waals surface area contributed by atoms with E-state index in [4.69, 9.17) is 9.47 Å². The summed E-state index contributed by atoms with van der Waals surface area (Å²) in [7, 11) is 0. The highest BCUT2D eigenvalue weighted by atomic mass is 32.2. The zero-order valence-electron chi connectivity index (χ0n) is 19.3. The van der Waals surface area contributed by atoms with Crippen LogP contribution in [0.5, 0.6) is 11.5 Å². The maximum atomic E-state index is 12.1. The van der Waals surface area contributed by atoms with Gasteiger partial charge >= 0.3 is 0 Å². The van der Waals surface area contributed by atoms with E-state index in [0.29, 0.717) is 29.9 Å². The van der Waals surface area contributed by atoms with Crippen molar-refractivity contribution < 1.29 is 14.3 Å². The van der Waals surface area contributed by atoms with Gasteiger partial charge < -0.3 is 9.47 Å². The molecule has 2 aromatic carbocycles. The van der Waals surface area contributed by atoms with Crippen molar-refractivity contribution in [3.05, 3.63) is 76.6 Å². The summed E-state index contributed by atoms with van der Waals surface area (Å²) >= 11 is 1.27. The van der Waals surface area contributed by atoms with Crippen LogP contribution in [0.1, 0.15) is 35.0 Å². The number of carbonyl (C=O) groups is 1. The van der Waals surface area contributed by atoms with E-state index in [1.54, 1.807) is 6.21 Å². The first-order chi connectivity index (χ1) is 15.9. The van der Waals surface area contributed by atoms with Gasteiger partial charge in [-0.2, -0.15) is 5.10 Å². The zero-order valence-corrected chi connectivity index (χ0v) is 20.1. The number of thioether (sulfide) groups is 1. The first-order valence-corrected chi connectivity index (χ1v) is 11.6. The lowest BCUT2D eigenvalue weighted by molar-refractivity contribution is -0.118. The van der Waals surface area contributed by atoms with E-state index < -0.39 is 0 Å². The SMILES string of the molecule is CCOc1cc(/C=N\NC(=O)CSc2nc(C)cc(C)n2)ccc1OCc1cccc(C)c1. The van der Waals surface area contributed by atoms with Gasteiger partial charge in [0.1, 0.15) is 6.61 Å². The second-order valence-electron chi connectivity index (χ2n) is 7.43. The van der Waals surface area contributed by atoms with E-state index in [9.17, 15) is 4.79 Å². The van der Waals surface area contributed by atoms with Crippen molar-refractivity contribution >= 4 is 23.9 Å². The Labute approximate surface area is 198 Å². The molecule has 0 saturated carbocycles. The number of aromatic nitrogens is 2. The fraction of sp³-hybridized carbons (Fsp3) is 0.280. The topological polar surface area (TPSA) is 85.7 Å². The molecule has 0 saturated heterocycles. The number of aryl methyl sites for hydroxylation is 3. The van der Waals surface area contributed by atoms with Gasteiger partial charge in [0.15, 0.2) is 16.7 Å². The molecule has 0 aliphatic heterocycles. The Kier molecular flexibility index (Phi) is 8.83. The van der Waals surface area contributed by atoms with E-state index in [-0.39, 0.29) is 11.7 Å². The van der Waals surface area contributed by atoms with Crippen LogP contribution < -0.4 is 14.9 Å². The molecule has 1 amide bonds. The van der Waals surface area contributed by atoms with Crippen molar-refractivity contribution in [2.75, 3.05) is 12.4 Å². The van der Waals surface area contributed by atoms with Crippen LogP contribution in [0.15, 0.2) is 58.8 Å². The van der Waals surface area contributed by atoms with E-state index in [1.807, 2.05) is 57.2 Å². The van der Waals surface area contributed by atoms with E-state index in [0.717, 1.165) is 22.5 Å². The Balaban J connectivity index is 1.56. The minimum Gasteiger partial charge on any atom is -0.490 e. The summed E-state index contributed by atoms with van der Waals surface area (Å²) in [5.41, 5.74) is 7.35. The number of nitrogens with one attached hydrogen (secondary N) is 1. The smallest absolute Gasteiger partial charge is 0.250 e. The summed E-state index contributed by atoms with van der Waals surface area (Å²) in [6, 6.07) is 15.6. The predicted octanol–water partition coefficient (Wildman–Crippen LogP) is 4.62. The molecule has 0 spiro atoms. The standard InChI is InChI=1S/C25H28N4O3S/c1-5-31-23-13-20(9-10-22(23)32-15-21-8-6-7-17(2)11-21)14-26-29-24(30)16-33-25-27-18(3)12-19(4)28-25/h6-14H,5,15-16H2,1-4H3,(H,29,30)/b26-14-. The quantitative estimate of drug-likeness (QED) is 0.204. The Bertz CT molecular complexity index is 1110. The van der Waals surface area contributed by atoms with Crippen LogP contribution in [0.3, 0.4) is 0 Å². The van der Waals surface area contributed by atoms with Gasteiger partial charge in [0, 0.05) is 11.4 Å². The Morgan fingerprint density at radius 2 is 1.82 bits per heavy atom.